The number of rotatable bonds is 1. The van der Waals surface area contributed by atoms with Gasteiger partial charge in [-0.05, 0) is 18.2 Å². The summed E-state index contributed by atoms with van der Waals surface area (Å²) in [4.78, 5) is 29.2. The first-order valence-electron chi connectivity index (χ1n) is 5.16. The third-order valence-corrected chi connectivity index (χ3v) is 3.57. The number of hydrogen-bond acceptors (Lipinski definition) is 3. The summed E-state index contributed by atoms with van der Waals surface area (Å²) in [5, 5.41) is 0. The van der Waals surface area contributed by atoms with Crippen LogP contribution in [0.1, 0.15) is 10.4 Å². The molecular weight excluding hydrogens is 252 g/mol. The molecule has 0 radical (unpaired) electrons. The highest BCUT2D eigenvalue weighted by molar-refractivity contribution is 8.00. The molecule has 0 spiro atoms. The van der Waals surface area contributed by atoms with Crippen LogP contribution in [0.3, 0.4) is 0 Å². The number of carbonyl (C=O) groups is 2. The zero-order valence-electron chi connectivity index (χ0n) is 9.71. The average Bonchev–Trinajstić information content (AvgIpc) is 2.33. The van der Waals surface area contributed by atoms with Gasteiger partial charge in [0.25, 0.3) is 5.91 Å². The number of hydrogen-bond donors (Lipinski definition) is 2. The molecule has 1 aliphatic heterocycles. The molecular formula is C11H12N4O2S. The smallest absolute Gasteiger partial charge is 0.280 e. The minimum Gasteiger partial charge on any atom is -0.370 e. The van der Waals surface area contributed by atoms with E-state index in [1.165, 1.54) is 16.7 Å². The predicted molar refractivity (Wildman–Crippen MR) is 70.7 cm³/mol. The number of benzene rings is 1. The first-order valence-corrected chi connectivity index (χ1v) is 6.15. The molecule has 18 heavy (non-hydrogen) atoms. The molecule has 2 amide bonds. The number of nitrogens with two attached hydrogens (primary N) is 2. The van der Waals surface area contributed by atoms with Crippen molar-refractivity contribution in [2.24, 2.45) is 16.5 Å². The Balaban J connectivity index is 2.40. The first kappa shape index (κ1) is 12.4. The summed E-state index contributed by atoms with van der Waals surface area (Å²) < 4.78 is 0. The summed E-state index contributed by atoms with van der Waals surface area (Å²) in [6.45, 7) is 0. The molecule has 0 saturated carbocycles. The minimum atomic E-state index is -0.519. The van der Waals surface area contributed by atoms with Gasteiger partial charge in [0.2, 0.25) is 5.91 Å². The highest BCUT2D eigenvalue weighted by Crippen LogP contribution is 2.35. The van der Waals surface area contributed by atoms with Crippen molar-refractivity contribution < 1.29 is 9.59 Å². The minimum absolute atomic E-state index is 0.000982. The number of aliphatic imine (C=N–C) groups is 1. The molecule has 0 bridgehead atoms. The molecule has 0 aliphatic carbocycles. The van der Waals surface area contributed by atoms with Crippen molar-refractivity contribution in [2.45, 2.75) is 4.90 Å². The number of anilines is 1. The lowest BCUT2D eigenvalue weighted by Crippen LogP contribution is -2.31. The zero-order chi connectivity index (χ0) is 13.3. The number of guanidine groups is 1. The van der Waals surface area contributed by atoms with Crippen LogP contribution in [-0.4, -0.2) is 30.6 Å². The highest BCUT2D eigenvalue weighted by atomic mass is 32.2. The summed E-state index contributed by atoms with van der Waals surface area (Å²) >= 11 is 1.45. The normalized spacial score (nSPS) is 14.1. The molecule has 94 valence electrons. The zero-order valence-corrected chi connectivity index (χ0v) is 10.5. The largest absolute Gasteiger partial charge is 0.370 e. The Hall–Kier alpha value is -2.02. The standard InChI is InChI=1S/C11H12N4O2S/c1-15-7-4-6(10(17)14-11(12)13)2-3-8(7)18-5-9(15)16/h2-4H,5H2,1H3,(H4,12,13,14,17). The van der Waals surface area contributed by atoms with Gasteiger partial charge in [0.15, 0.2) is 5.96 Å². The Bertz CT molecular complexity index is 552. The molecule has 1 aliphatic rings. The molecule has 7 heteroatoms. The van der Waals surface area contributed by atoms with Crippen LogP contribution in [-0.2, 0) is 4.79 Å². The van der Waals surface area contributed by atoms with E-state index >= 15 is 0 Å². The lowest BCUT2D eigenvalue weighted by Gasteiger charge is -2.25. The molecule has 2 rings (SSSR count). The summed E-state index contributed by atoms with van der Waals surface area (Å²) in [5.74, 6) is -0.394. The fraction of sp³-hybridized carbons (Fsp3) is 0.182. The van der Waals surface area contributed by atoms with Crippen LogP contribution in [0.5, 0.6) is 0 Å². The first-order chi connectivity index (χ1) is 8.49. The summed E-state index contributed by atoms with van der Waals surface area (Å²) in [5.41, 5.74) is 11.4. The number of nitrogens with zero attached hydrogens (tertiary/aromatic N) is 2. The Labute approximate surface area is 108 Å². The Morgan fingerprint density at radius 1 is 1.44 bits per heavy atom. The van der Waals surface area contributed by atoms with E-state index in [9.17, 15) is 9.59 Å². The van der Waals surface area contributed by atoms with Gasteiger partial charge in [-0.2, -0.15) is 4.99 Å². The molecule has 1 aromatic rings. The maximum absolute atomic E-state index is 11.7. The third-order valence-electron chi connectivity index (χ3n) is 2.52. The quantitative estimate of drug-likeness (QED) is 0.556. The summed E-state index contributed by atoms with van der Waals surface area (Å²) in [7, 11) is 1.68. The van der Waals surface area contributed by atoms with Gasteiger partial charge >= 0.3 is 0 Å². The Morgan fingerprint density at radius 2 is 2.17 bits per heavy atom. The van der Waals surface area contributed by atoms with Crippen LogP contribution in [0.25, 0.3) is 0 Å². The van der Waals surface area contributed by atoms with Gasteiger partial charge in [-0.1, -0.05) is 0 Å². The molecule has 0 fully saturated rings. The topological polar surface area (TPSA) is 102 Å². The van der Waals surface area contributed by atoms with Crippen LogP contribution >= 0.6 is 11.8 Å². The second-order valence-electron chi connectivity index (χ2n) is 3.77. The molecule has 0 atom stereocenters. The van der Waals surface area contributed by atoms with E-state index in [2.05, 4.69) is 4.99 Å². The Morgan fingerprint density at radius 3 is 2.83 bits per heavy atom. The van der Waals surface area contributed by atoms with Crippen LogP contribution in [0.4, 0.5) is 5.69 Å². The van der Waals surface area contributed by atoms with Crippen molar-refractivity contribution in [3.63, 3.8) is 0 Å². The van der Waals surface area contributed by atoms with Crippen molar-refractivity contribution in [1.29, 1.82) is 0 Å². The molecule has 1 heterocycles. The maximum Gasteiger partial charge on any atom is 0.280 e. The van der Waals surface area contributed by atoms with Crippen LogP contribution in [0.2, 0.25) is 0 Å². The van der Waals surface area contributed by atoms with E-state index in [1.807, 2.05) is 0 Å². The lowest BCUT2D eigenvalue weighted by atomic mass is 10.1. The fourth-order valence-electron chi connectivity index (χ4n) is 1.59. The number of amides is 2. The van der Waals surface area contributed by atoms with Gasteiger partial charge in [-0.3, -0.25) is 9.59 Å². The van der Waals surface area contributed by atoms with Crippen molar-refractivity contribution >= 4 is 35.2 Å². The number of thioether (sulfide) groups is 1. The Kier molecular flexibility index (Phi) is 3.24. The molecule has 0 aromatic heterocycles. The molecule has 4 N–H and O–H groups in total. The van der Waals surface area contributed by atoms with Crippen molar-refractivity contribution in [3.05, 3.63) is 23.8 Å². The second-order valence-corrected chi connectivity index (χ2v) is 4.78. The molecule has 1 aromatic carbocycles. The summed E-state index contributed by atoms with van der Waals surface area (Å²) in [6, 6.07) is 5.05. The average molecular weight is 264 g/mol. The van der Waals surface area contributed by atoms with Crippen molar-refractivity contribution in [3.8, 4) is 0 Å². The number of carbonyl (C=O) groups excluding carboxylic acids is 2. The maximum atomic E-state index is 11.7. The van der Waals surface area contributed by atoms with Crippen LogP contribution in [0, 0.1) is 0 Å². The van der Waals surface area contributed by atoms with Gasteiger partial charge < -0.3 is 16.4 Å². The van der Waals surface area contributed by atoms with Crippen molar-refractivity contribution in [2.75, 3.05) is 17.7 Å². The predicted octanol–water partition coefficient (Wildman–Crippen LogP) is 0.169. The van der Waals surface area contributed by atoms with Crippen molar-refractivity contribution in [1.82, 2.24) is 0 Å². The molecule has 0 unspecified atom stereocenters. The van der Waals surface area contributed by atoms with E-state index in [0.29, 0.717) is 17.0 Å². The van der Waals surface area contributed by atoms with E-state index in [0.717, 1.165) is 4.90 Å². The second kappa shape index (κ2) is 4.69. The van der Waals surface area contributed by atoms with E-state index in [-0.39, 0.29) is 11.9 Å². The lowest BCUT2D eigenvalue weighted by molar-refractivity contribution is -0.116. The molecule has 6 nitrogen and oxygen atoms in total. The summed E-state index contributed by atoms with van der Waals surface area (Å²) in [6.07, 6.45) is 0. The van der Waals surface area contributed by atoms with Gasteiger partial charge in [0, 0.05) is 17.5 Å². The monoisotopic (exact) mass is 264 g/mol. The van der Waals surface area contributed by atoms with E-state index in [4.69, 9.17) is 11.5 Å². The van der Waals surface area contributed by atoms with Gasteiger partial charge in [0.1, 0.15) is 0 Å². The fourth-order valence-corrected chi connectivity index (χ4v) is 2.57. The van der Waals surface area contributed by atoms with Gasteiger partial charge in [-0.15, -0.1) is 11.8 Å². The van der Waals surface area contributed by atoms with E-state index < -0.39 is 5.91 Å². The number of fused-ring (bicyclic) bond motifs is 1. The molecule has 0 saturated heterocycles. The third kappa shape index (κ3) is 2.30. The van der Waals surface area contributed by atoms with E-state index in [1.54, 1.807) is 25.2 Å². The van der Waals surface area contributed by atoms with Gasteiger partial charge in [0.05, 0.1) is 11.4 Å². The van der Waals surface area contributed by atoms with Crippen LogP contribution in [0.15, 0.2) is 28.1 Å². The van der Waals surface area contributed by atoms with Gasteiger partial charge in [-0.25, -0.2) is 0 Å². The highest BCUT2D eigenvalue weighted by Gasteiger charge is 2.22. The SMILES string of the molecule is CN1C(=O)CSc2ccc(C(=O)N=C(N)N)cc21. The van der Waals surface area contributed by atoms with Crippen LogP contribution < -0.4 is 16.4 Å².